The van der Waals surface area contributed by atoms with E-state index in [4.69, 9.17) is 5.73 Å². The van der Waals surface area contributed by atoms with Crippen molar-refractivity contribution in [3.63, 3.8) is 0 Å². The average molecular weight is 262 g/mol. The van der Waals surface area contributed by atoms with Crippen molar-refractivity contribution in [2.24, 2.45) is 11.1 Å². The van der Waals surface area contributed by atoms with Crippen LogP contribution in [0.4, 0.5) is 0 Å². The van der Waals surface area contributed by atoms with Gasteiger partial charge in [0.05, 0.1) is 5.41 Å². The molecule has 1 amide bonds. The number of carbonyl (C=O) groups excluding carboxylic acids is 1. The second-order valence-corrected chi connectivity index (χ2v) is 5.73. The van der Waals surface area contributed by atoms with Crippen molar-refractivity contribution in [2.45, 2.75) is 46.1 Å². The normalized spacial score (nSPS) is 13.2. The molecule has 0 radical (unpaired) electrons. The zero-order valence-electron chi connectivity index (χ0n) is 12.3. The van der Waals surface area contributed by atoms with Gasteiger partial charge in [-0.15, -0.1) is 0 Å². The molecule has 1 atom stereocenters. The summed E-state index contributed by atoms with van der Waals surface area (Å²) in [7, 11) is 0. The van der Waals surface area contributed by atoms with E-state index >= 15 is 0 Å². The monoisotopic (exact) mass is 262 g/mol. The largest absolute Gasteiger partial charge is 0.369 e. The predicted octanol–water partition coefficient (Wildman–Crippen LogP) is 3.02. The Labute approximate surface area is 116 Å². The Hall–Kier alpha value is -1.35. The van der Waals surface area contributed by atoms with Crippen molar-refractivity contribution in [3.05, 3.63) is 35.9 Å². The summed E-state index contributed by atoms with van der Waals surface area (Å²) in [5.41, 5.74) is 6.18. The van der Waals surface area contributed by atoms with E-state index in [1.54, 1.807) is 0 Å². The quantitative estimate of drug-likeness (QED) is 0.756. The third kappa shape index (κ3) is 5.03. The van der Waals surface area contributed by atoms with Crippen molar-refractivity contribution >= 4 is 5.91 Å². The first kappa shape index (κ1) is 15.7. The molecule has 0 saturated carbocycles. The molecule has 19 heavy (non-hydrogen) atoms. The Balaban J connectivity index is 2.68. The minimum absolute atomic E-state index is 0.262. The van der Waals surface area contributed by atoms with Crippen LogP contribution in [-0.2, 0) is 4.79 Å². The standard InChI is InChI=1S/C16H26N2O/c1-4-5-11-14(13-9-7-6-8-10-13)18-12-16(2,3)15(17)19/h6-10,14,18H,4-5,11-12H2,1-3H3,(H2,17,19). The lowest BCUT2D eigenvalue weighted by Crippen LogP contribution is -2.41. The Morgan fingerprint density at radius 3 is 2.47 bits per heavy atom. The molecule has 3 nitrogen and oxygen atoms in total. The van der Waals surface area contributed by atoms with Crippen LogP contribution in [0.2, 0.25) is 0 Å². The fourth-order valence-corrected chi connectivity index (χ4v) is 1.95. The third-order valence-electron chi connectivity index (χ3n) is 3.51. The molecule has 0 saturated heterocycles. The number of rotatable bonds is 8. The molecular formula is C16H26N2O. The van der Waals surface area contributed by atoms with E-state index in [1.165, 1.54) is 18.4 Å². The van der Waals surface area contributed by atoms with Crippen LogP contribution in [0.25, 0.3) is 0 Å². The number of nitrogens with two attached hydrogens (primary N) is 1. The molecule has 3 heteroatoms. The van der Waals surface area contributed by atoms with E-state index < -0.39 is 5.41 Å². The van der Waals surface area contributed by atoms with Crippen LogP contribution >= 0.6 is 0 Å². The fraction of sp³-hybridized carbons (Fsp3) is 0.562. The average Bonchev–Trinajstić information content (AvgIpc) is 2.39. The van der Waals surface area contributed by atoms with E-state index in [1.807, 2.05) is 19.9 Å². The summed E-state index contributed by atoms with van der Waals surface area (Å²) in [6, 6.07) is 10.7. The predicted molar refractivity (Wildman–Crippen MR) is 79.7 cm³/mol. The third-order valence-corrected chi connectivity index (χ3v) is 3.51. The first-order valence-corrected chi connectivity index (χ1v) is 7.05. The lowest BCUT2D eigenvalue weighted by Gasteiger charge is -2.26. The summed E-state index contributed by atoms with van der Waals surface area (Å²) in [5, 5.41) is 3.49. The first-order chi connectivity index (χ1) is 8.97. The van der Waals surface area contributed by atoms with Crippen LogP contribution in [0.3, 0.4) is 0 Å². The number of unbranched alkanes of at least 4 members (excludes halogenated alkanes) is 1. The fourth-order valence-electron chi connectivity index (χ4n) is 1.95. The summed E-state index contributed by atoms with van der Waals surface area (Å²) in [6.45, 7) is 6.55. The van der Waals surface area contributed by atoms with Gasteiger partial charge in [0.25, 0.3) is 0 Å². The molecule has 0 aliphatic carbocycles. The van der Waals surface area contributed by atoms with Gasteiger partial charge in [-0.05, 0) is 25.8 Å². The molecule has 1 aromatic carbocycles. The molecule has 1 unspecified atom stereocenters. The van der Waals surface area contributed by atoms with Gasteiger partial charge < -0.3 is 11.1 Å². The number of nitrogens with one attached hydrogen (secondary N) is 1. The lowest BCUT2D eigenvalue weighted by molar-refractivity contribution is -0.125. The van der Waals surface area contributed by atoms with Gasteiger partial charge in [-0.1, -0.05) is 50.1 Å². The number of carbonyl (C=O) groups is 1. The molecule has 0 heterocycles. The van der Waals surface area contributed by atoms with E-state index in [0.717, 1.165) is 6.42 Å². The van der Waals surface area contributed by atoms with Gasteiger partial charge >= 0.3 is 0 Å². The molecular weight excluding hydrogens is 236 g/mol. The highest BCUT2D eigenvalue weighted by molar-refractivity contribution is 5.80. The molecule has 0 spiro atoms. The van der Waals surface area contributed by atoms with E-state index in [2.05, 4.69) is 36.5 Å². The van der Waals surface area contributed by atoms with Crippen molar-refractivity contribution in [3.8, 4) is 0 Å². The number of amides is 1. The summed E-state index contributed by atoms with van der Waals surface area (Å²) in [5.74, 6) is -0.262. The van der Waals surface area contributed by atoms with Gasteiger partial charge in [0, 0.05) is 12.6 Å². The Morgan fingerprint density at radius 1 is 1.32 bits per heavy atom. The summed E-state index contributed by atoms with van der Waals surface area (Å²) < 4.78 is 0. The highest BCUT2D eigenvalue weighted by atomic mass is 16.1. The molecule has 3 N–H and O–H groups in total. The zero-order chi connectivity index (χ0) is 14.3. The second-order valence-electron chi connectivity index (χ2n) is 5.73. The lowest BCUT2D eigenvalue weighted by atomic mass is 9.91. The van der Waals surface area contributed by atoms with Crippen molar-refractivity contribution in [2.75, 3.05) is 6.54 Å². The molecule has 0 aliphatic heterocycles. The van der Waals surface area contributed by atoms with Crippen LogP contribution in [0.15, 0.2) is 30.3 Å². The smallest absolute Gasteiger partial charge is 0.224 e. The molecule has 0 aliphatic rings. The zero-order valence-corrected chi connectivity index (χ0v) is 12.3. The van der Waals surface area contributed by atoms with E-state index in [0.29, 0.717) is 12.6 Å². The minimum atomic E-state index is -0.515. The van der Waals surface area contributed by atoms with Gasteiger partial charge in [-0.2, -0.15) is 0 Å². The Bertz CT molecular complexity index is 387. The van der Waals surface area contributed by atoms with Crippen LogP contribution in [-0.4, -0.2) is 12.5 Å². The summed E-state index contributed by atoms with van der Waals surface area (Å²) in [6.07, 6.45) is 3.42. The summed E-state index contributed by atoms with van der Waals surface area (Å²) in [4.78, 5) is 11.4. The molecule has 0 fully saturated rings. The molecule has 1 aromatic rings. The van der Waals surface area contributed by atoms with Crippen LogP contribution in [0, 0.1) is 5.41 Å². The van der Waals surface area contributed by atoms with Gasteiger partial charge in [0.15, 0.2) is 0 Å². The second kappa shape index (κ2) is 7.29. The molecule has 1 rings (SSSR count). The maximum atomic E-state index is 11.4. The number of benzene rings is 1. The highest BCUT2D eigenvalue weighted by Crippen LogP contribution is 2.21. The van der Waals surface area contributed by atoms with E-state index in [-0.39, 0.29) is 5.91 Å². The maximum Gasteiger partial charge on any atom is 0.224 e. The molecule has 0 aromatic heterocycles. The first-order valence-electron chi connectivity index (χ1n) is 7.05. The molecule has 0 bridgehead atoms. The molecule has 106 valence electrons. The topological polar surface area (TPSA) is 55.1 Å². The van der Waals surface area contributed by atoms with Crippen LogP contribution in [0.5, 0.6) is 0 Å². The Kier molecular flexibility index (Phi) is 6.03. The van der Waals surface area contributed by atoms with Crippen LogP contribution in [0.1, 0.15) is 51.6 Å². The van der Waals surface area contributed by atoms with Gasteiger partial charge in [0.2, 0.25) is 5.91 Å². The maximum absolute atomic E-state index is 11.4. The number of hydrogen-bond donors (Lipinski definition) is 2. The number of primary amides is 1. The van der Waals surface area contributed by atoms with Crippen molar-refractivity contribution in [1.29, 1.82) is 0 Å². The highest BCUT2D eigenvalue weighted by Gasteiger charge is 2.25. The SMILES string of the molecule is CCCCC(NCC(C)(C)C(N)=O)c1ccccc1. The summed E-state index contributed by atoms with van der Waals surface area (Å²) >= 11 is 0. The van der Waals surface area contributed by atoms with Crippen LogP contribution < -0.4 is 11.1 Å². The van der Waals surface area contributed by atoms with E-state index in [9.17, 15) is 4.79 Å². The van der Waals surface area contributed by atoms with Gasteiger partial charge in [-0.3, -0.25) is 4.79 Å². The Morgan fingerprint density at radius 2 is 1.95 bits per heavy atom. The van der Waals surface area contributed by atoms with Crippen molar-refractivity contribution in [1.82, 2.24) is 5.32 Å². The van der Waals surface area contributed by atoms with Gasteiger partial charge in [0.1, 0.15) is 0 Å². The van der Waals surface area contributed by atoms with Gasteiger partial charge in [-0.25, -0.2) is 0 Å². The number of hydrogen-bond acceptors (Lipinski definition) is 2. The van der Waals surface area contributed by atoms with Crippen molar-refractivity contribution < 1.29 is 4.79 Å². The minimum Gasteiger partial charge on any atom is -0.369 e.